The van der Waals surface area contributed by atoms with Crippen molar-refractivity contribution in [3.63, 3.8) is 0 Å². The molecule has 0 saturated carbocycles. The van der Waals surface area contributed by atoms with Crippen molar-refractivity contribution in [2.75, 3.05) is 0 Å². The van der Waals surface area contributed by atoms with Crippen molar-refractivity contribution in [3.05, 3.63) is 0 Å². The average molecular weight is 218 g/mol. The van der Waals surface area contributed by atoms with E-state index in [0.29, 0.717) is 0 Å². The minimum Gasteiger partial charge on any atom is -0.370 e. The predicted molar refractivity (Wildman–Crippen MR) is 51.9 cm³/mol. The molecule has 0 bridgehead atoms. The molecule has 0 radical (unpaired) electrons. The quantitative estimate of drug-likeness (QED) is 0.649. The van der Waals surface area contributed by atoms with Gasteiger partial charge in [0.1, 0.15) is 11.5 Å². The molecule has 0 aromatic carbocycles. The Hall–Kier alpha value is -2.39. The smallest absolute Gasteiger partial charge is 0.252 e. The van der Waals surface area contributed by atoms with E-state index >= 15 is 0 Å². The number of rotatable bonds is 5. The number of nitrogens with zero attached hydrogens (tertiary/aromatic N) is 3. The second kappa shape index (κ2) is 5.48. The van der Waals surface area contributed by atoms with E-state index in [-0.39, 0.29) is 6.42 Å². The molecule has 2 atom stereocenters. The number of nitriles is 3. The molecular weight excluding hydrogens is 208 g/mol. The van der Waals surface area contributed by atoms with Gasteiger partial charge in [-0.15, -0.1) is 0 Å². The number of hydrogen-bond acceptors (Lipinski definition) is 5. The largest absolute Gasteiger partial charge is 0.370 e. The maximum Gasteiger partial charge on any atom is 0.252 e. The molecule has 0 saturated heterocycles. The van der Waals surface area contributed by atoms with E-state index in [1.807, 2.05) is 6.07 Å². The summed E-state index contributed by atoms with van der Waals surface area (Å²) in [5.41, 5.74) is 3.13. The molecule has 0 heterocycles. The second-order valence-electron chi connectivity index (χ2n) is 3.51. The molecule has 0 aromatic heterocycles. The Bertz CT molecular complexity index is 424. The van der Waals surface area contributed by atoms with Gasteiger partial charge in [0.2, 0.25) is 5.91 Å². The van der Waals surface area contributed by atoms with Crippen LogP contribution >= 0.6 is 0 Å². The molecule has 6 heteroatoms. The van der Waals surface area contributed by atoms with Gasteiger partial charge < -0.3 is 5.73 Å². The lowest BCUT2D eigenvalue weighted by Gasteiger charge is -2.21. The molecule has 0 spiro atoms. The van der Waals surface area contributed by atoms with Gasteiger partial charge in [0.15, 0.2) is 0 Å². The average Bonchev–Trinajstić information content (AvgIpc) is 2.25. The highest BCUT2D eigenvalue weighted by Gasteiger charge is 2.41. The molecule has 0 aliphatic carbocycles. The Labute approximate surface area is 92.9 Å². The molecule has 16 heavy (non-hydrogen) atoms. The van der Waals surface area contributed by atoms with Crippen LogP contribution in [-0.4, -0.2) is 11.7 Å². The van der Waals surface area contributed by atoms with Gasteiger partial charge in [-0.2, -0.15) is 15.8 Å². The van der Waals surface area contributed by atoms with Crippen LogP contribution in [-0.2, 0) is 9.59 Å². The highest BCUT2D eigenvalue weighted by atomic mass is 16.1. The minimum atomic E-state index is -1.80. The highest BCUT2D eigenvalue weighted by molar-refractivity contribution is 6.02. The van der Waals surface area contributed by atoms with Gasteiger partial charge in [0.25, 0.3) is 5.78 Å². The minimum absolute atomic E-state index is 0.171. The molecule has 0 aliphatic rings. The van der Waals surface area contributed by atoms with E-state index in [9.17, 15) is 9.59 Å². The van der Waals surface area contributed by atoms with Crippen LogP contribution in [0.5, 0.6) is 0 Å². The summed E-state index contributed by atoms with van der Waals surface area (Å²) in [6.45, 7) is 1.50. The van der Waals surface area contributed by atoms with E-state index in [2.05, 4.69) is 0 Å². The van der Waals surface area contributed by atoms with Gasteiger partial charge in [0.05, 0.1) is 18.6 Å². The summed E-state index contributed by atoms with van der Waals surface area (Å²) in [5, 5.41) is 26.1. The first-order valence-corrected chi connectivity index (χ1v) is 4.45. The van der Waals surface area contributed by atoms with Crippen molar-refractivity contribution in [2.24, 2.45) is 17.1 Å². The van der Waals surface area contributed by atoms with Crippen molar-refractivity contribution in [1.29, 1.82) is 15.8 Å². The Morgan fingerprint density at radius 3 is 2.25 bits per heavy atom. The SMILES string of the molecule is C[C@H](C#N)CC(C#N)(CC(N)=O)C(=O)C#N. The first-order valence-electron chi connectivity index (χ1n) is 4.45. The molecule has 1 unspecified atom stereocenters. The van der Waals surface area contributed by atoms with Crippen molar-refractivity contribution in [2.45, 2.75) is 19.8 Å². The first-order chi connectivity index (χ1) is 7.41. The summed E-state index contributed by atoms with van der Waals surface area (Å²) in [7, 11) is 0. The third-order valence-corrected chi connectivity index (χ3v) is 2.10. The number of carbonyl (C=O) groups excluding carboxylic acids is 2. The molecule has 1 amide bonds. The molecule has 82 valence electrons. The molecule has 2 N–H and O–H groups in total. The Morgan fingerprint density at radius 1 is 1.38 bits per heavy atom. The lowest BCUT2D eigenvalue weighted by molar-refractivity contribution is -0.127. The van der Waals surface area contributed by atoms with Crippen LogP contribution in [0.25, 0.3) is 0 Å². The van der Waals surface area contributed by atoms with E-state index in [1.54, 1.807) is 6.07 Å². The lowest BCUT2D eigenvalue weighted by atomic mass is 9.75. The monoisotopic (exact) mass is 218 g/mol. The van der Waals surface area contributed by atoms with Crippen LogP contribution in [0.3, 0.4) is 0 Å². The molecule has 0 aliphatic heterocycles. The summed E-state index contributed by atoms with van der Waals surface area (Å²) >= 11 is 0. The fourth-order valence-electron chi connectivity index (χ4n) is 1.35. The maximum atomic E-state index is 11.4. The number of ketones is 1. The van der Waals surface area contributed by atoms with Crippen LogP contribution in [0, 0.1) is 45.3 Å². The number of carbonyl (C=O) groups is 2. The lowest BCUT2D eigenvalue weighted by Crippen LogP contribution is -2.35. The highest BCUT2D eigenvalue weighted by Crippen LogP contribution is 2.30. The van der Waals surface area contributed by atoms with Gasteiger partial charge in [0, 0.05) is 5.92 Å². The van der Waals surface area contributed by atoms with Gasteiger partial charge in [-0.25, -0.2) is 0 Å². The van der Waals surface area contributed by atoms with Crippen LogP contribution in [0.4, 0.5) is 0 Å². The number of Topliss-reactive ketones (excluding diaryl/α,β-unsaturated/α-hetero) is 1. The molecule has 6 nitrogen and oxygen atoms in total. The Kier molecular flexibility index (Phi) is 4.66. The fourth-order valence-corrected chi connectivity index (χ4v) is 1.35. The molecule has 0 rings (SSSR count). The van der Waals surface area contributed by atoms with Crippen molar-refractivity contribution < 1.29 is 9.59 Å². The summed E-state index contributed by atoms with van der Waals surface area (Å²) in [4.78, 5) is 22.1. The van der Waals surface area contributed by atoms with Crippen molar-refractivity contribution in [3.8, 4) is 18.2 Å². The summed E-state index contributed by atoms with van der Waals surface area (Å²) < 4.78 is 0. The number of primary amides is 1. The zero-order valence-corrected chi connectivity index (χ0v) is 8.73. The third-order valence-electron chi connectivity index (χ3n) is 2.10. The summed E-state index contributed by atoms with van der Waals surface area (Å²) in [6, 6.07) is 4.79. The van der Waals surface area contributed by atoms with E-state index in [0.717, 1.165) is 0 Å². The Morgan fingerprint density at radius 2 is 1.94 bits per heavy atom. The second-order valence-corrected chi connectivity index (χ2v) is 3.51. The summed E-state index contributed by atoms with van der Waals surface area (Å²) in [6.07, 6.45) is -0.711. The first kappa shape index (κ1) is 13.6. The Balaban J connectivity index is 5.25. The van der Waals surface area contributed by atoms with E-state index in [1.165, 1.54) is 13.0 Å². The summed E-state index contributed by atoms with van der Waals surface area (Å²) in [5.74, 6) is -2.50. The van der Waals surface area contributed by atoms with Crippen molar-refractivity contribution >= 4 is 11.7 Å². The van der Waals surface area contributed by atoms with Gasteiger partial charge in [-0.05, 0) is 13.3 Å². The third kappa shape index (κ3) is 3.08. The van der Waals surface area contributed by atoms with E-state index < -0.39 is 29.4 Å². The fraction of sp³-hybridized carbons (Fsp3) is 0.500. The molecule has 0 aromatic rings. The zero-order chi connectivity index (χ0) is 12.8. The van der Waals surface area contributed by atoms with E-state index in [4.69, 9.17) is 21.5 Å². The maximum absolute atomic E-state index is 11.4. The van der Waals surface area contributed by atoms with Crippen LogP contribution in [0.2, 0.25) is 0 Å². The molecule has 0 fully saturated rings. The standard InChI is InChI=1S/C10H10N4O2/c1-7(4-11)2-10(6-13,3-9(14)16)8(15)5-12/h7H,2-3H2,1H3,(H2,14,16)/t7-,10?/m0/s1. The van der Waals surface area contributed by atoms with Gasteiger partial charge >= 0.3 is 0 Å². The number of hydrogen-bond donors (Lipinski definition) is 1. The predicted octanol–water partition coefficient (Wildman–Crippen LogP) is 0.0142. The van der Waals surface area contributed by atoms with Crippen LogP contribution in [0.15, 0.2) is 0 Å². The molecular formula is C10H10N4O2. The number of nitrogens with two attached hydrogens (primary N) is 1. The van der Waals surface area contributed by atoms with Crippen LogP contribution in [0.1, 0.15) is 19.8 Å². The topological polar surface area (TPSA) is 132 Å². The normalized spacial score (nSPS) is 14.6. The zero-order valence-electron chi connectivity index (χ0n) is 8.73. The van der Waals surface area contributed by atoms with Crippen molar-refractivity contribution in [1.82, 2.24) is 0 Å². The van der Waals surface area contributed by atoms with Gasteiger partial charge in [-0.3, -0.25) is 9.59 Å². The van der Waals surface area contributed by atoms with Crippen LogP contribution < -0.4 is 5.73 Å². The number of amides is 1. The van der Waals surface area contributed by atoms with Gasteiger partial charge in [-0.1, -0.05) is 0 Å².